The molecule has 0 fully saturated rings. The summed E-state index contributed by atoms with van der Waals surface area (Å²) < 4.78 is 4.98. The van der Waals surface area contributed by atoms with E-state index in [1.165, 1.54) is 53.5 Å². The first-order chi connectivity index (χ1) is 23.8. The second kappa shape index (κ2) is 10.9. The maximum Gasteiger partial charge on any atom is 0.235 e. The summed E-state index contributed by atoms with van der Waals surface area (Å²) in [6.07, 6.45) is 5.53. The minimum absolute atomic E-state index is 0.139. The van der Waals surface area contributed by atoms with Crippen molar-refractivity contribution >= 4 is 59.4 Å². The number of para-hydroxylation sites is 2. The molecule has 0 saturated heterocycles. The number of rotatable bonds is 4. The van der Waals surface area contributed by atoms with E-state index in [0.29, 0.717) is 5.95 Å². The predicted octanol–water partition coefficient (Wildman–Crippen LogP) is 11.8. The van der Waals surface area contributed by atoms with Crippen LogP contribution in [0.5, 0.6) is 0 Å². The van der Waals surface area contributed by atoms with E-state index in [4.69, 9.17) is 9.97 Å². The van der Waals surface area contributed by atoms with Crippen molar-refractivity contribution < 1.29 is 0 Å². The van der Waals surface area contributed by atoms with Gasteiger partial charge in [0.2, 0.25) is 5.95 Å². The number of fused-ring (bicyclic) bond motifs is 7. The van der Waals surface area contributed by atoms with Crippen molar-refractivity contribution in [2.24, 2.45) is 0 Å². The van der Waals surface area contributed by atoms with Gasteiger partial charge in [0.15, 0.2) is 0 Å². The van der Waals surface area contributed by atoms with Gasteiger partial charge in [-0.2, -0.15) is 0 Å². The molecule has 0 spiro atoms. The molecule has 0 saturated carbocycles. The highest BCUT2D eigenvalue weighted by molar-refractivity contribution is 7.25. The fraction of sp³-hybridized carbons (Fsp3) is 0.0455. The molecule has 6 aromatic carbocycles. The first-order valence-corrected chi connectivity index (χ1v) is 17.3. The lowest BCUT2D eigenvalue weighted by Gasteiger charge is -2.23. The Kier molecular flexibility index (Phi) is 6.18. The van der Waals surface area contributed by atoms with E-state index >= 15 is 0 Å². The van der Waals surface area contributed by atoms with E-state index in [9.17, 15) is 0 Å². The lowest BCUT2D eigenvalue weighted by molar-refractivity contribution is 0.750. The SMILES string of the molecule is C1=Cc2c(n(-c3nc(-c4ccccc4)c4ccccc4n3)c3ccccc23)C(c2cccc(-c3ccc4c(c3)sc3ccccc34)c2)C1. The normalized spacial score (nSPS) is 14.3. The predicted molar refractivity (Wildman–Crippen MR) is 202 cm³/mol. The minimum atomic E-state index is 0.139. The summed E-state index contributed by atoms with van der Waals surface area (Å²) in [5.41, 5.74) is 10.4. The Morgan fingerprint density at radius 3 is 2.21 bits per heavy atom. The van der Waals surface area contributed by atoms with E-state index in [2.05, 4.69) is 162 Å². The summed E-state index contributed by atoms with van der Waals surface area (Å²) in [4.78, 5) is 10.6. The van der Waals surface area contributed by atoms with E-state index in [1.54, 1.807) is 0 Å². The fourth-order valence-electron chi connectivity index (χ4n) is 7.57. The summed E-state index contributed by atoms with van der Waals surface area (Å²) in [6, 6.07) is 52.2. The molecule has 48 heavy (non-hydrogen) atoms. The summed E-state index contributed by atoms with van der Waals surface area (Å²) in [6.45, 7) is 0. The summed E-state index contributed by atoms with van der Waals surface area (Å²) in [5, 5.41) is 4.93. The Labute approximate surface area is 282 Å². The summed E-state index contributed by atoms with van der Waals surface area (Å²) in [7, 11) is 0. The zero-order valence-corrected chi connectivity index (χ0v) is 26.9. The largest absolute Gasteiger partial charge is 0.281 e. The number of benzene rings is 6. The second-order valence-corrected chi connectivity index (χ2v) is 13.6. The van der Waals surface area contributed by atoms with Crippen LogP contribution in [0.25, 0.3) is 76.4 Å². The topological polar surface area (TPSA) is 30.7 Å². The van der Waals surface area contributed by atoms with Gasteiger partial charge in [-0.05, 0) is 47.4 Å². The average molecular weight is 632 g/mol. The monoisotopic (exact) mass is 631 g/mol. The van der Waals surface area contributed by atoms with Gasteiger partial charge in [0.25, 0.3) is 0 Å². The molecule has 0 amide bonds. The van der Waals surface area contributed by atoms with Gasteiger partial charge >= 0.3 is 0 Å². The lowest BCUT2D eigenvalue weighted by atomic mass is 9.85. The van der Waals surface area contributed by atoms with Crippen LogP contribution < -0.4 is 0 Å². The zero-order valence-electron chi connectivity index (χ0n) is 26.0. The molecule has 0 aliphatic heterocycles. The smallest absolute Gasteiger partial charge is 0.235 e. The third-order valence-electron chi connectivity index (χ3n) is 9.78. The van der Waals surface area contributed by atoms with Crippen molar-refractivity contribution in [3.63, 3.8) is 0 Å². The van der Waals surface area contributed by atoms with Crippen molar-refractivity contribution in [2.45, 2.75) is 12.3 Å². The van der Waals surface area contributed by atoms with Crippen LogP contribution in [0.4, 0.5) is 0 Å². The first kappa shape index (κ1) is 27.3. The molecule has 1 aliphatic rings. The van der Waals surface area contributed by atoms with Crippen molar-refractivity contribution in [2.75, 3.05) is 0 Å². The number of thiophene rings is 1. The molecule has 0 N–H and O–H groups in total. The van der Waals surface area contributed by atoms with Crippen LogP contribution in [0, 0.1) is 0 Å². The molecule has 1 aliphatic carbocycles. The van der Waals surface area contributed by atoms with Crippen LogP contribution in [0.1, 0.15) is 29.2 Å². The van der Waals surface area contributed by atoms with Crippen molar-refractivity contribution in [1.29, 1.82) is 0 Å². The number of hydrogen-bond acceptors (Lipinski definition) is 3. The molecule has 3 nitrogen and oxygen atoms in total. The lowest BCUT2D eigenvalue weighted by Crippen LogP contribution is -2.13. The summed E-state index contributed by atoms with van der Waals surface area (Å²) >= 11 is 1.87. The number of nitrogens with zero attached hydrogens (tertiary/aromatic N) is 3. The Morgan fingerprint density at radius 2 is 1.29 bits per heavy atom. The maximum absolute atomic E-state index is 5.34. The third kappa shape index (κ3) is 4.27. The van der Waals surface area contributed by atoms with Crippen LogP contribution in [0.15, 0.2) is 152 Å². The highest BCUT2D eigenvalue weighted by Crippen LogP contribution is 2.44. The van der Waals surface area contributed by atoms with E-state index in [0.717, 1.165) is 34.1 Å². The van der Waals surface area contributed by atoms with Crippen molar-refractivity contribution in [3.8, 4) is 28.3 Å². The Balaban J connectivity index is 1.16. The third-order valence-corrected chi connectivity index (χ3v) is 10.9. The first-order valence-electron chi connectivity index (χ1n) is 16.4. The van der Waals surface area contributed by atoms with Crippen LogP contribution in [-0.4, -0.2) is 14.5 Å². The fourth-order valence-corrected chi connectivity index (χ4v) is 8.71. The average Bonchev–Trinajstić information content (AvgIpc) is 3.70. The standard InChI is InChI=1S/C44H29N3S/c1-2-12-28(13-3-1)42-37-18-4-7-21-38(37)45-44(46-42)47-39-22-8-5-16-33(39)36-20-11-19-32(43(36)47)31-15-10-14-29(26-31)30-24-25-35-34-17-6-9-23-40(34)48-41(35)27-30/h1-18,20-27,32H,19H2. The van der Waals surface area contributed by atoms with Crippen molar-refractivity contribution in [1.82, 2.24) is 14.5 Å². The van der Waals surface area contributed by atoms with Gasteiger partial charge in [-0.1, -0.05) is 133 Å². The molecule has 4 heteroatoms. The van der Waals surface area contributed by atoms with Crippen LogP contribution in [-0.2, 0) is 0 Å². The minimum Gasteiger partial charge on any atom is -0.281 e. The van der Waals surface area contributed by atoms with Gasteiger partial charge in [-0.15, -0.1) is 11.3 Å². The highest BCUT2D eigenvalue weighted by Gasteiger charge is 2.29. The van der Waals surface area contributed by atoms with Gasteiger partial charge in [-0.25, -0.2) is 9.97 Å². The van der Waals surface area contributed by atoms with Crippen LogP contribution in [0.2, 0.25) is 0 Å². The molecule has 3 heterocycles. The van der Waals surface area contributed by atoms with Crippen molar-refractivity contribution in [3.05, 3.63) is 168 Å². The Morgan fingerprint density at radius 1 is 0.562 bits per heavy atom. The molecule has 0 radical (unpaired) electrons. The number of allylic oxidation sites excluding steroid dienone is 1. The van der Waals surface area contributed by atoms with E-state index in [1.807, 2.05) is 11.3 Å². The molecule has 0 bridgehead atoms. The zero-order chi connectivity index (χ0) is 31.6. The molecule has 226 valence electrons. The highest BCUT2D eigenvalue weighted by atomic mass is 32.1. The summed E-state index contributed by atoms with van der Waals surface area (Å²) in [5.74, 6) is 0.845. The molecule has 1 unspecified atom stereocenters. The van der Waals surface area contributed by atoms with Crippen LogP contribution >= 0.6 is 11.3 Å². The molecule has 9 aromatic rings. The molecule has 10 rings (SSSR count). The maximum atomic E-state index is 5.34. The number of aromatic nitrogens is 3. The van der Waals surface area contributed by atoms with Gasteiger partial charge in [-0.3, -0.25) is 4.57 Å². The Bertz CT molecular complexity index is 2720. The van der Waals surface area contributed by atoms with Gasteiger partial charge in [0.05, 0.1) is 16.7 Å². The molecule has 3 aromatic heterocycles. The molecule has 1 atom stereocenters. The quantitative estimate of drug-likeness (QED) is 0.193. The van der Waals surface area contributed by atoms with E-state index < -0.39 is 0 Å². The van der Waals surface area contributed by atoms with Gasteiger partial charge in [0.1, 0.15) is 0 Å². The second-order valence-electron chi connectivity index (χ2n) is 12.5. The Hall–Kier alpha value is -5.84. The molecular weight excluding hydrogens is 603 g/mol. The molecular formula is C44H29N3S. The van der Waals surface area contributed by atoms with Gasteiger partial charge < -0.3 is 0 Å². The number of hydrogen-bond donors (Lipinski definition) is 0. The van der Waals surface area contributed by atoms with Gasteiger partial charge in [0, 0.05) is 53.7 Å². The van der Waals surface area contributed by atoms with E-state index in [-0.39, 0.29) is 5.92 Å². The van der Waals surface area contributed by atoms with Crippen LogP contribution in [0.3, 0.4) is 0 Å².